The Labute approximate surface area is 116 Å². The summed E-state index contributed by atoms with van der Waals surface area (Å²) in [6, 6.07) is 9.52. The van der Waals surface area contributed by atoms with Gasteiger partial charge >= 0.3 is 0 Å². The zero-order valence-electron chi connectivity index (χ0n) is 10.5. The first-order chi connectivity index (χ1) is 9.58. The zero-order valence-corrected chi connectivity index (χ0v) is 10.5. The van der Waals surface area contributed by atoms with E-state index in [1.54, 1.807) is 24.3 Å². The number of nitrogen functional groups attached to an aromatic ring is 2. The summed E-state index contributed by atoms with van der Waals surface area (Å²) in [5.74, 6) is 10.9. The summed E-state index contributed by atoms with van der Waals surface area (Å²) in [4.78, 5) is 0. The summed E-state index contributed by atoms with van der Waals surface area (Å²) in [5.41, 5.74) is 12.9. The number of hydrogen-bond acceptors (Lipinski definition) is 4. The average Bonchev–Trinajstić information content (AvgIpc) is 2.43. The Morgan fingerprint density at radius 1 is 0.850 bits per heavy atom. The molecule has 0 atom stereocenters. The highest BCUT2D eigenvalue weighted by Crippen LogP contribution is 2.22. The Balaban J connectivity index is 2.21. The van der Waals surface area contributed by atoms with Gasteiger partial charge in [0.05, 0.1) is 16.9 Å². The molecule has 6 N–H and O–H groups in total. The van der Waals surface area contributed by atoms with Gasteiger partial charge in [0.2, 0.25) is 0 Å². The van der Waals surface area contributed by atoms with Gasteiger partial charge in [-0.3, -0.25) is 0 Å². The maximum absolute atomic E-state index is 9.42. The summed E-state index contributed by atoms with van der Waals surface area (Å²) in [6.07, 6.45) is 0. The molecule has 4 heteroatoms. The molecule has 0 aliphatic heterocycles. The number of para-hydroxylation sites is 1. The van der Waals surface area contributed by atoms with Crippen LogP contribution in [0.3, 0.4) is 0 Å². The SMILES string of the molecule is Nc1cc(C#CC#Cc2cccc(O)c2N)ccc1O. The van der Waals surface area contributed by atoms with Gasteiger partial charge in [-0.1, -0.05) is 17.9 Å². The molecular weight excluding hydrogens is 252 g/mol. The Morgan fingerprint density at radius 3 is 2.35 bits per heavy atom. The van der Waals surface area contributed by atoms with E-state index >= 15 is 0 Å². The summed E-state index contributed by atoms with van der Waals surface area (Å²) in [7, 11) is 0. The zero-order chi connectivity index (χ0) is 14.5. The van der Waals surface area contributed by atoms with Crippen LogP contribution in [0.5, 0.6) is 11.5 Å². The normalized spacial score (nSPS) is 9.00. The van der Waals surface area contributed by atoms with Crippen LogP contribution in [0.15, 0.2) is 36.4 Å². The van der Waals surface area contributed by atoms with Gasteiger partial charge in [0.25, 0.3) is 0 Å². The van der Waals surface area contributed by atoms with Crippen LogP contribution < -0.4 is 11.5 Å². The molecule has 0 spiro atoms. The average molecular weight is 264 g/mol. The Morgan fingerprint density at radius 2 is 1.60 bits per heavy atom. The number of phenolic OH excluding ortho intramolecular Hbond substituents is 2. The van der Waals surface area contributed by atoms with E-state index < -0.39 is 0 Å². The number of hydrogen-bond donors (Lipinski definition) is 4. The van der Waals surface area contributed by atoms with Gasteiger partial charge in [-0.2, -0.15) is 0 Å². The number of phenols is 2. The van der Waals surface area contributed by atoms with E-state index in [4.69, 9.17) is 11.5 Å². The lowest BCUT2D eigenvalue weighted by Crippen LogP contribution is -1.89. The number of aromatic hydroxyl groups is 2. The molecule has 4 nitrogen and oxygen atoms in total. The van der Waals surface area contributed by atoms with Crippen molar-refractivity contribution in [2.45, 2.75) is 0 Å². The van der Waals surface area contributed by atoms with Crippen LogP contribution in [0.1, 0.15) is 11.1 Å². The molecule has 0 unspecified atom stereocenters. The first-order valence-corrected chi connectivity index (χ1v) is 5.76. The van der Waals surface area contributed by atoms with Gasteiger partial charge in [0.15, 0.2) is 0 Å². The lowest BCUT2D eigenvalue weighted by atomic mass is 10.1. The Kier molecular flexibility index (Phi) is 3.70. The van der Waals surface area contributed by atoms with Gasteiger partial charge < -0.3 is 21.7 Å². The summed E-state index contributed by atoms with van der Waals surface area (Å²) >= 11 is 0. The third-order valence-electron chi connectivity index (χ3n) is 2.58. The lowest BCUT2D eigenvalue weighted by Gasteiger charge is -1.99. The number of anilines is 2. The Bertz CT molecular complexity index is 775. The second kappa shape index (κ2) is 5.60. The fourth-order valence-corrected chi connectivity index (χ4v) is 1.50. The van der Waals surface area contributed by atoms with Crippen molar-refractivity contribution in [1.29, 1.82) is 0 Å². The maximum atomic E-state index is 9.42. The predicted molar refractivity (Wildman–Crippen MR) is 78.8 cm³/mol. The van der Waals surface area contributed by atoms with Crippen LogP contribution in [0.2, 0.25) is 0 Å². The highest BCUT2D eigenvalue weighted by Gasteiger charge is 1.99. The lowest BCUT2D eigenvalue weighted by molar-refractivity contribution is 0.477. The molecule has 0 bridgehead atoms. The molecule has 0 amide bonds. The minimum Gasteiger partial charge on any atom is -0.506 e. The van der Waals surface area contributed by atoms with Crippen LogP contribution in [0.25, 0.3) is 0 Å². The number of benzene rings is 2. The number of nitrogens with two attached hydrogens (primary N) is 2. The van der Waals surface area contributed by atoms with E-state index in [9.17, 15) is 10.2 Å². The van der Waals surface area contributed by atoms with Crippen LogP contribution in [-0.2, 0) is 0 Å². The molecule has 0 saturated carbocycles. The highest BCUT2D eigenvalue weighted by atomic mass is 16.3. The third kappa shape index (κ3) is 2.95. The Hall–Kier alpha value is -3.24. The molecule has 2 aromatic carbocycles. The topological polar surface area (TPSA) is 92.5 Å². The van der Waals surface area contributed by atoms with E-state index in [1.165, 1.54) is 12.1 Å². The molecule has 20 heavy (non-hydrogen) atoms. The van der Waals surface area contributed by atoms with E-state index in [-0.39, 0.29) is 22.9 Å². The quantitative estimate of drug-likeness (QED) is 0.331. The molecule has 0 aliphatic rings. The molecule has 0 aromatic heterocycles. The van der Waals surface area contributed by atoms with Gasteiger partial charge in [-0.15, -0.1) is 0 Å². The van der Waals surface area contributed by atoms with Crippen molar-refractivity contribution >= 4 is 11.4 Å². The van der Waals surface area contributed by atoms with Crippen molar-refractivity contribution in [3.05, 3.63) is 47.5 Å². The minimum atomic E-state index is -0.00364. The van der Waals surface area contributed by atoms with E-state index in [0.717, 1.165) is 0 Å². The predicted octanol–water partition coefficient (Wildman–Crippen LogP) is 1.67. The van der Waals surface area contributed by atoms with Crippen molar-refractivity contribution in [3.8, 4) is 35.2 Å². The van der Waals surface area contributed by atoms with Crippen LogP contribution in [0.4, 0.5) is 11.4 Å². The highest BCUT2D eigenvalue weighted by molar-refractivity contribution is 5.64. The van der Waals surface area contributed by atoms with Crippen molar-refractivity contribution < 1.29 is 10.2 Å². The van der Waals surface area contributed by atoms with Gasteiger partial charge in [0.1, 0.15) is 11.5 Å². The van der Waals surface area contributed by atoms with Gasteiger partial charge in [-0.05, 0) is 42.2 Å². The first kappa shape index (κ1) is 13.2. The summed E-state index contributed by atoms with van der Waals surface area (Å²) in [6.45, 7) is 0. The molecule has 0 fully saturated rings. The van der Waals surface area contributed by atoms with E-state index in [0.29, 0.717) is 11.1 Å². The minimum absolute atomic E-state index is 0.00364. The van der Waals surface area contributed by atoms with Crippen molar-refractivity contribution in [2.75, 3.05) is 11.5 Å². The smallest absolute Gasteiger partial charge is 0.139 e. The molecule has 0 aliphatic carbocycles. The van der Waals surface area contributed by atoms with Crippen LogP contribution in [-0.4, -0.2) is 10.2 Å². The standard InChI is InChI=1S/C16H12N2O2/c17-13-10-11(8-9-14(13)19)4-1-2-5-12-6-3-7-15(20)16(12)18/h3,6-10,19-20H,17-18H2. The van der Waals surface area contributed by atoms with Crippen LogP contribution >= 0.6 is 0 Å². The fraction of sp³-hybridized carbons (Fsp3) is 0. The monoisotopic (exact) mass is 264 g/mol. The van der Waals surface area contributed by atoms with Gasteiger partial charge in [0, 0.05) is 5.56 Å². The molecule has 0 radical (unpaired) electrons. The maximum Gasteiger partial charge on any atom is 0.139 e. The summed E-state index contributed by atoms with van der Waals surface area (Å²) < 4.78 is 0. The molecule has 0 saturated heterocycles. The van der Waals surface area contributed by atoms with E-state index in [1.807, 2.05) is 0 Å². The van der Waals surface area contributed by atoms with E-state index in [2.05, 4.69) is 23.7 Å². The second-order valence-corrected chi connectivity index (χ2v) is 4.01. The fourth-order valence-electron chi connectivity index (χ4n) is 1.50. The van der Waals surface area contributed by atoms with Crippen molar-refractivity contribution in [3.63, 3.8) is 0 Å². The largest absolute Gasteiger partial charge is 0.506 e. The molecule has 2 rings (SSSR count). The molecular formula is C16H12N2O2. The summed E-state index contributed by atoms with van der Waals surface area (Å²) in [5, 5.41) is 18.7. The van der Waals surface area contributed by atoms with Gasteiger partial charge in [-0.25, -0.2) is 0 Å². The first-order valence-electron chi connectivity index (χ1n) is 5.76. The third-order valence-corrected chi connectivity index (χ3v) is 2.58. The molecule has 2 aromatic rings. The van der Waals surface area contributed by atoms with Crippen molar-refractivity contribution in [1.82, 2.24) is 0 Å². The van der Waals surface area contributed by atoms with Crippen LogP contribution in [0, 0.1) is 23.7 Å². The molecule has 98 valence electrons. The van der Waals surface area contributed by atoms with Crippen molar-refractivity contribution in [2.24, 2.45) is 0 Å². The number of rotatable bonds is 0. The second-order valence-electron chi connectivity index (χ2n) is 4.01. The molecule has 0 heterocycles.